The number of carbonyl (C=O) groups excluding carboxylic acids is 1. The highest BCUT2D eigenvalue weighted by Gasteiger charge is 2.26. The van der Waals surface area contributed by atoms with Gasteiger partial charge in [0.2, 0.25) is 0 Å². The molecule has 1 aliphatic heterocycles. The van der Waals surface area contributed by atoms with Crippen molar-refractivity contribution in [2.24, 2.45) is 5.92 Å². The van der Waals surface area contributed by atoms with Crippen LogP contribution in [0.3, 0.4) is 0 Å². The second-order valence-electron chi connectivity index (χ2n) is 7.32. The number of amides is 1. The first kappa shape index (κ1) is 19.1. The molecule has 1 aliphatic rings. The van der Waals surface area contributed by atoms with Crippen LogP contribution in [0.1, 0.15) is 51.7 Å². The number of nitrogens with zero attached hydrogens (tertiary/aromatic N) is 2. The zero-order chi connectivity index (χ0) is 18.8. The summed E-state index contributed by atoms with van der Waals surface area (Å²) in [5.74, 6) is 1.00. The fraction of sp³-hybridized carbons (Fsp3) is 0.579. The normalized spacial score (nSPS) is 15.9. The number of hydrogen-bond donors (Lipinski definition) is 2. The maximum Gasteiger partial charge on any atom is 0.252 e. The molecule has 2 N–H and O–H groups in total. The highest BCUT2D eigenvalue weighted by molar-refractivity contribution is 7.10. The van der Waals surface area contributed by atoms with Gasteiger partial charge in [-0.2, -0.15) is 0 Å². The van der Waals surface area contributed by atoms with E-state index in [1.165, 1.54) is 4.88 Å². The van der Waals surface area contributed by atoms with Gasteiger partial charge >= 0.3 is 0 Å². The summed E-state index contributed by atoms with van der Waals surface area (Å²) in [6.07, 6.45) is 0.858. The van der Waals surface area contributed by atoms with Gasteiger partial charge in [0.1, 0.15) is 5.76 Å². The van der Waals surface area contributed by atoms with Crippen molar-refractivity contribution in [1.29, 1.82) is 0 Å². The Labute approximate surface area is 158 Å². The zero-order valence-electron chi connectivity index (χ0n) is 15.8. The van der Waals surface area contributed by atoms with Gasteiger partial charge in [0.05, 0.1) is 23.9 Å². The van der Waals surface area contributed by atoms with Crippen LogP contribution >= 0.6 is 11.3 Å². The third-order valence-corrected chi connectivity index (χ3v) is 6.17. The minimum absolute atomic E-state index is 0.0407. The zero-order valence-corrected chi connectivity index (χ0v) is 16.7. The number of nitrogens with one attached hydrogen (secondary N) is 1. The van der Waals surface area contributed by atoms with Gasteiger partial charge in [-0.25, -0.2) is 0 Å². The number of aryl methyl sites for hydroxylation is 2. The van der Waals surface area contributed by atoms with Gasteiger partial charge < -0.3 is 14.9 Å². The Morgan fingerprint density at radius 3 is 2.85 bits per heavy atom. The monoisotopic (exact) mass is 377 g/mol. The van der Waals surface area contributed by atoms with E-state index in [0.717, 1.165) is 54.2 Å². The summed E-state index contributed by atoms with van der Waals surface area (Å²) in [4.78, 5) is 16.2. The van der Waals surface area contributed by atoms with Crippen LogP contribution < -0.4 is 5.32 Å². The van der Waals surface area contributed by atoms with Crippen molar-refractivity contribution < 1.29 is 14.4 Å². The van der Waals surface area contributed by atoms with Gasteiger partial charge in [-0.05, 0) is 31.7 Å². The minimum atomic E-state index is -0.210. The Morgan fingerprint density at radius 1 is 1.46 bits per heavy atom. The average molecular weight is 378 g/mol. The Balaban J connectivity index is 1.69. The van der Waals surface area contributed by atoms with Crippen molar-refractivity contribution in [2.75, 3.05) is 13.2 Å². The van der Waals surface area contributed by atoms with Gasteiger partial charge in [0, 0.05) is 35.5 Å². The smallest absolute Gasteiger partial charge is 0.252 e. The predicted molar refractivity (Wildman–Crippen MR) is 101 cm³/mol. The van der Waals surface area contributed by atoms with Crippen molar-refractivity contribution in [2.45, 2.75) is 53.2 Å². The summed E-state index contributed by atoms with van der Waals surface area (Å²) in [5.41, 5.74) is 4.03. The van der Waals surface area contributed by atoms with Crippen molar-refractivity contribution in [3.63, 3.8) is 0 Å². The molecule has 0 radical (unpaired) electrons. The largest absolute Gasteiger partial charge is 0.394 e. The van der Waals surface area contributed by atoms with E-state index in [9.17, 15) is 9.90 Å². The maximum absolute atomic E-state index is 12.6. The van der Waals surface area contributed by atoms with Crippen LogP contribution in [0.5, 0.6) is 0 Å². The molecule has 26 heavy (non-hydrogen) atoms. The van der Waals surface area contributed by atoms with E-state index in [1.54, 1.807) is 11.3 Å². The summed E-state index contributed by atoms with van der Waals surface area (Å²) in [6.45, 7) is 10.4. The average Bonchev–Trinajstić information content (AvgIpc) is 3.17. The van der Waals surface area contributed by atoms with Crippen molar-refractivity contribution in [3.8, 4) is 0 Å². The lowest BCUT2D eigenvalue weighted by Gasteiger charge is -2.27. The predicted octanol–water partition coefficient (Wildman–Crippen LogP) is 2.66. The van der Waals surface area contributed by atoms with Crippen LogP contribution in [0, 0.1) is 19.8 Å². The van der Waals surface area contributed by atoms with E-state index < -0.39 is 0 Å². The quantitative estimate of drug-likeness (QED) is 0.809. The van der Waals surface area contributed by atoms with E-state index in [0.29, 0.717) is 0 Å². The minimum Gasteiger partial charge on any atom is -0.394 e. The van der Waals surface area contributed by atoms with E-state index in [-0.39, 0.29) is 24.5 Å². The first-order valence-corrected chi connectivity index (χ1v) is 9.93. The van der Waals surface area contributed by atoms with Crippen molar-refractivity contribution >= 4 is 17.2 Å². The molecule has 0 aromatic carbocycles. The summed E-state index contributed by atoms with van der Waals surface area (Å²) < 4.78 is 5.26. The molecule has 0 fully saturated rings. The molecule has 6 nitrogen and oxygen atoms in total. The standard InChI is InChI=1S/C19H27N3O3S/c1-11(2)17(9-23)20-19(24)16-10-26-18-8-22(6-5-14(16)18)7-15-12(3)21-25-13(15)4/h10-11,17,23H,5-9H2,1-4H3,(H,20,24)/t17-/m1/s1. The number of thiophene rings is 1. The third kappa shape index (κ3) is 3.84. The number of rotatable bonds is 6. The Bertz CT molecular complexity index is 762. The molecule has 0 unspecified atom stereocenters. The molecule has 0 spiro atoms. The van der Waals surface area contributed by atoms with Gasteiger partial charge in [0.15, 0.2) is 0 Å². The van der Waals surface area contributed by atoms with E-state index in [4.69, 9.17) is 4.52 Å². The summed E-state index contributed by atoms with van der Waals surface area (Å²) >= 11 is 1.64. The number of fused-ring (bicyclic) bond motifs is 1. The summed E-state index contributed by atoms with van der Waals surface area (Å²) in [6, 6.07) is -0.210. The van der Waals surface area contributed by atoms with Crippen LogP contribution in [-0.2, 0) is 19.5 Å². The highest BCUT2D eigenvalue weighted by atomic mass is 32.1. The Hall–Kier alpha value is -1.70. The first-order valence-electron chi connectivity index (χ1n) is 9.05. The molecule has 2 aromatic heterocycles. The van der Waals surface area contributed by atoms with E-state index >= 15 is 0 Å². The fourth-order valence-corrected chi connectivity index (χ4v) is 4.45. The lowest BCUT2D eigenvalue weighted by Crippen LogP contribution is -2.41. The molecule has 3 heterocycles. The van der Waals surface area contributed by atoms with Gasteiger partial charge in [0.25, 0.3) is 5.91 Å². The highest BCUT2D eigenvalue weighted by Crippen LogP contribution is 2.30. The van der Waals surface area contributed by atoms with Gasteiger partial charge in [-0.3, -0.25) is 9.69 Å². The molecule has 3 rings (SSSR count). The fourth-order valence-electron chi connectivity index (χ4n) is 3.33. The molecule has 1 atom stereocenters. The summed E-state index contributed by atoms with van der Waals surface area (Å²) in [7, 11) is 0. The SMILES string of the molecule is Cc1noc(C)c1CN1CCc2c(C(=O)N[C@H](CO)C(C)C)csc2C1. The van der Waals surface area contributed by atoms with Crippen LogP contribution in [0.15, 0.2) is 9.90 Å². The van der Waals surface area contributed by atoms with Crippen molar-refractivity contribution in [1.82, 2.24) is 15.4 Å². The van der Waals surface area contributed by atoms with Crippen LogP contribution in [0.25, 0.3) is 0 Å². The first-order chi connectivity index (χ1) is 12.4. The third-order valence-electron chi connectivity index (χ3n) is 5.15. The molecule has 0 aliphatic carbocycles. The van der Waals surface area contributed by atoms with Crippen LogP contribution in [0.2, 0.25) is 0 Å². The van der Waals surface area contributed by atoms with Gasteiger partial charge in [-0.1, -0.05) is 19.0 Å². The van der Waals surface area contributed by atoms with Gasteiger partial charge in [-0.15, -0.1) is 11.3 Å². The molecular weight excluding hydrogens is 350 g/mol. The molecule has 1 amide bonds. The molecule has 0 saturated heterocycles. The lowest BCUT2D eigenvalue weighted by atomic mass is 10.0. The Kier molecular flexibility index (Phi) is 5.79. The molecule has 0 bridgehead atoms. The Morgan fingerprint density at radius 2 is 2.23 bits per heavy atom. The molecule has 142 valence electrons. The second-order valence-corrected chi connectivity index (χ2v) is 8.29. The number of carbonyl (C=O) groups is 1. The molecular formula is C19H27N3O3S. The number of hydrogen-bond acceptors (Lipinski definition) is 6. The molecule has 2 aromatic rings. The number of aliphatic hydroxyl groups excluding tert-OH is 1. The van der Waals surface area contributed by atoms with Crippen LogP contribution in [0.4, 0.5) is 0 Å². The van der Waals surface area contributed by atoms with Crippen molar-refractivity contribution in [3.05, 3.63) is 38.4 Å². The lowest BCUT2D eigenvalue weighted by molar-refractivity contribution is 0.0895. The maximum atomic E-state index is 12.6. The van der Waals surface area contributed by atoms with Crippen LogP contribution in [-0.4, -0.2) is 40.3 Å². The van der Waals surface area contributed by atoms with E-state index in [2.05, 4.69) is 15.4 Å². The number of aromatic nitrogens is 1. The topological polar surface area (TPSA) is 78.6 Å². The number of aliphatic hydroxyl groups is 1. The molecule has 7 heteroatoms. The summed E-state index contributed by atoms with van der Waals surface area (Å²) in [5, 5.41) is 18.4. The van der Waals surface area contributed by atoms with E-state index in [1.807, 2.05) is 33.1 Å². The molecule has 0 saturated carbocycles. The second kappa shape index (κ2) is 7.90.